The van der Waals surface area contributed by atoms with E-state index in [1.807, 2.05) is 0 Å². The summed E-state index contributed by atoms with van der Waals surface area (Å²) in [6.07, 6.45) is 6.79. The second-order valence-electron chi connectivity index (χ2n) is 4.53. The molecule has 0 aromatic rings. The molecule has 0 unspecified atom stereocenters. The summed E-state index contributed by atoms with van der Waals surface area (Å²) in [5.41, 5.74) is 1.35. The van der Waals surface area contributed by atoms with Crippen LogP contribution in [0.1, 0.15) is 46.0 Å². The lowest BCUT2D eigenvalue weighted by Crippen LogP contribution is -2.12. The molecule has 1 N–H and O–H groups in total. The van der Waals surface area contributed by atoms with Gasteiger partial charge in [0.05, 0.1) is 0 Å². The molecule has 1 aliphatic rings. The molecule has 0 bridgehead atoms. The highest BCUT2D eigenvalue weighted by Crippen LogP contribution is 2.30. The molecule has 0 saturated carbocycles. The van der Waals surface area contributed by atoms with Crippen molar-refractivity contribution in [3.05, 3.63) is 11.6 Å². The van der Waals surface area contributed by atoms with Gasteiger partial charge in [-0.1, -0.05) is 25.5 Å². The molecule has 80 valence electrons. The highest BCUT2D eigenvalue weighted by atomic mass is 16.4. The van der Waals surface area contributed by atoms with Crippen molar-refractivity contribution in [1.29, 1.82) is 0 Å². The first-order valence-corrected chi connectivity index (χ1v) is 5.49. The van der Waals surface area contributed by atoms with Gasteiger partial charge >= 0.3 is 5.97 Å². The third kappa shape index (κ3) is 3.52. The van der Waals surface area contributed by atoms with Crippen LogP contribution in [0, 0.1) is 11.8 Å². The molecule has 0 radical (unpaired) electrons. The van der Waals surface area contributed by atoms with Crippen LogP contribution in [-0.2, 0) is 4.79 Å². The van der Waals surface area contributed by atoms with E-state index in [9.17, 15) is 4.79 Å². The van der Waals surface area contributed by atoms with E-state index in [4.69, 9.17) is 5.11 Å². The van der Waals surface area contributed by atoms with Gasteiger partial charge < -0.3 is 5.11 Å². The summed E-state index contributed by atoms with van der Waals surface area (Å²) in [4.78, 5) is 10.4. The minimum Gasteiger partial charge on any atom is -0.481 e. The minimum absolute atomic E-state index is 0.290. The molecule has 0 fully saturated rings. The van der Waals surface area contributed by atoms with Crippen molar-refractivity contribution in [2.45, 2.75) is 46.0 Å². The van der Waals surface area contributed by atoms with Crippen LogP contribution >= 0.6 is 0 Å². The largest absolute Gasteiger partial charge is 0.481 e. The first-order valence-electron chi connectivity index (χ1n) is 5.49. The standard InChI is InChI=1S/C12H20O2/c1-9(2)11-6-3-10(4-7-11)5-8-12(13)14/h3,9,11H,4-8H2,1-2H3,(H,13,14)/t11-/m0/s1. The summed E-state index contributed by atoms with van der Waals surface area (Å²) >= 11 is 0. The zero-order valence-electron chi connectivity index (χ0n) is 9.12. The van der Waals surface area contributed by atoms with Crippen LogP contribution in [0.25, 0.3) is 0 Å². The fraction of sp³-hybridized carbons (Fsp3) is 0.750. The predicted octanol–water partition coefficient (Wildman–Crippen LogP) is 3.23. The predicted molar refractivity (Wildman–Crippen MR) is 57.1 cm³/mol. The normalized spacial score (nSPS) is 22.2. The molecule has 14 heavy (non-hydrogen) atoms. The summed E-state index contributed by atoms with van der Waals surface area (Å²) in [5.74, 6) is 0.882. The molecule has 1 rings (SSSR count). The number of hydrogen-bond donors (Lipinski definition) is 1. The third-order valence-electron chi connectivity index (χ3n) is 3.15. The summed E-state index contributed by atoms with van der Waals surface area (Å²) in [7, 11) is 0. The van der Waals surface area contributed by atoms with Crippen molar-refractivity contribution in [2.24, 2.45) is 11.8 Å². The van der Waals surface area contributed by atoms with E-state index in [0.29, 0.717) is 0 Å². The lowest BCUT2D eigenvalue weighted by Gasteiger charge is -2.24. The van der Waals surface area contributed by atoms with E-state index < -0.39 is 5.97 Å². The maximum absolute atomic E-state index is 10.4. The van der Waals surface area contributed by atoms with E-state index in [1.165, 1.54) is 12.0 Å². The van der Waals surface area contributed by atoms with E-state index in [2.05, 4.69) is 19.9 Å². The fourth-order valence-corrected chi connectivity index (χ4v) is 2.01. The molecule has 2 heteroatoms. The smallest absolute Gasteiger partial charge is 0.303 e. The van der Waals surface area contributed by atoms with Crippen LogP contribution in [0.3, 0.4) is 0 Å². The number of rotatable bonds is 4. The monoisotopic (exact) mass is 196 g/mol. The number of carboxylic acids is 1. The average molecular weight is 196 g/mol. The third-order valence-corrected chi connectivity index (χ3v) is 3.15. The van der Waals surface area contributed by atoms with Crippen LogP contribution in [0.15, 0.2) is 11.6 Å². The van der Waals surface area contributed by atoms with E-state index in [0.717, 1.165) is 31.1 Å². The Morgan fingerprint density at radius 2 is 2.36 bits per heavy atom. The molecule has 0 amide bonds. The number of carbonyl (C=O) groups is 1. The van der Waals surface area contributed by atoms with Crippen LogP contribution < -0.4 is 0 Å². The number of allylic oxidation sites excluding steroid dienone is 2. The average Bonchev–Trinajstić information content (AvgIpc) is 2.15. The van der Waals surface area contributed by atoms with Crippen LogP contribution in [0.5, 0.6) is 0 Å². The van der Waals surface area contributed by atoms with Gasteiger partial charge in [-0.3, -0.25) is 4.79 Å². The second kappa shape index (κ2) is 5.18. The number of aliphatic carboxylic acids is 1. The molecule has 2 nitrogen and oxygen atoms in total. The molecule has 0 saturated heterocycles. The van der Waals surface area contributed by atoms with Gasteiger partial charge in [0.25, 0.3) is 0 Å². The topological polar surface area (TPSA) is 37.3 Å². The van der Waals surface area contributed by atoms with E-state index in [1.54, 1.807) is 0 Å². The van der Waals surface area contributed by atoms with Gasteiger partial charge in [0, 0.05) is 6.42 Å². The van der Waals surface area contributed by atoms with Gasteiger partial charge in [0.2, 0.25) is 0 Å². The van der Waals surface area contributed by atoms with Crippen molar-refractivity contribution in [3.63, 3.8) is 0 Å². The zero-order chi connectivity index (χ0) is 10.6. The zero-order valence-corrected chi connectivity index (χ0v) is 9.12. The Kier molecular flexibility index (Phi) is 4.18. The van der Waals surface area contributed by atoms with Gasteiger partial charge in [0.1, 0.15) is 0 Å². The van der Waals surface area contributed by atoms with Gasteiger partial charge in [-0.15, -0.1) is 0 Å². The van der Waals surface area contributed by atoms with Gasteiger partial charge in [-0.25, -0.2) is 0 Å². The Hall–Kier alpha value is -0.790. The highest BCUT2D eigenvalue weighted by molar-refractivity contribution is 5.67. The Balaban J connectivity index is 2.33. The molecule has 1 atom stereocenters. The van der Waals surface area contributed by atoms with Gasteiger partial charge in [-0.05, 0) is 37.5 Å². The quantitative estimate of drug-likeness (QED) is 0.701. The Labute approximate surface area is 86.0 Å². The molecular weight excluding hydrogens is 176 g/mol. The molecular formula is C12H20O2. The van der Waals surface area contributed by atoms with Gasteiger partial charge in [0.15, 0.2) is 0 Å². The van der Waals surface area contributed by atoms with Crippen molar-refractivity contribution < 1.29 is 9.90 Å². The van der Waals surface area contributed by atoms with Crippen LogP contribution in [0.2, 0.25) is 0 Å². The first-order chi connectivity index (χ1) is 6.59. The maximum Gasteiger partial charge on any atom is 0.303 e. The molecule has 0 spiro atoms. The summed E-state index contributed by atoms with van der Waals surface area (Å²) in [6.45, 7) is 4.53. The van der Waals surface area contributed by atoms with Crippen molar-refractivity contribution in [1.82, 2.24) is 0 Å². The molecule has 0 heterocycles. The van der Waals surface area contributed by atoms with Crippen molar-refractivity contribution >= 4 is 5.97 Å². The lowest BCUT2D eigenvalue weighted by molar-refractivity contribution is -0.136. The SMILES string of the molecule is CC(C)[C@H]1CC=C(CCC(=O)O)CC1. The van der Waals surface area contributed by atoms with Crippen molar-refractivity contribution in [2.75, 3.05) is 0 Å². The van der Waals surface area contributed by atoms with E-state index in [-0.39, 0.29) is 6.42 Å². The Morgan fingerprint density at radius 1 is 1.64 bits per heavy atom. The highest BCUT2D eigenvalue weighted by Gasteiger charge is 2.17. The van der Waals surface area contributed by atoms with Crippen molar-refractivity contribution in [3.8, 4) is 0 Å². The molecule has 1 aliphatic carbocycles. The van der Waals surface area contributed by atoms with Gasteiger partial charge in [-0.2, -0.15) is 0 Å². The Morgan fingerprint density at radius 3 is 2.79 bits per heavy atom. The maximum atomic E-state index is 10.4. The second-order valence-corrected chi connectivity index (χ2v) is 4.53. The Bertz CT molecular complexity index is 228. The fourth-order valence-electron chi connectivity index (χ4n) is 2.01. The summed E-state index contributed by atoms with van der Waals surface area (Å²) in [5, 5.41) is 8.56. The van der Waals surface area contributed by atoms with E-state index >= 15 is 0 Å². The molecule has 0 aromatic carbocycles. The van der Waals surface area contributed by atoms with Crippen LogP contribution in [0.4, 0.5) is 0 Å². The number of hydrogen-bond acceptors (Lipinski definition) is 1. The molecule has 0 aromatic heterocycles. The molecule has 0 aliphatic heterocycles. The summed E-state index contributed by atoms with van der Waals surface area (Å²) < 4.78 is 0. The summed E-state index contributed by atoms with van der Waals surface area (Å²) in [6, 6.07) is 0. The lowest BCUT2D eigenvalue weighted by atomic mass is 9.81. The number of carboxylic acid groups (broad SMARTS) is 1. The van der Waals surface area contributed by atoms with Crippen LogP contribution in [-0.4, -0.2) is 11.1 Å². The minimum atomic E-state index is -0.683. The first kappa shape index (κ1) is 11.3.